The first-order valence-electron chi connectivity index (χ1n) is 7.40. The number of piperidine rings is 1. The Morgan fingerprint density at radius 2 is 2.10 bits per heavy atom. The highest BCUT2D eigenvalue weighted by Gasteiger charge is 2.23. The summed E-state index contributed by atoms with van der Waals surface area (Å²) in [5, 5.41) is 13.8. The second kappa shape index (κ2) is 6.67. The summed E-state index contributed by atoms with van der Waals surface area (Å²) in [6.45, 7) is 7.12. The number of amides is 1. The van der Waals surface area contributed by atoms with Crippen LogP contribution in [0.2, 0.25) is 0 Å². The maximum absolute atomic E-state index is 12.2. The lowest BCUT2D eigenvalue weighted by Crippen LogP contribution is -3.13. The summed E-state index contributed by atoms with van der Waals surface area (Å²) in [4.78, 5) is 24.1. The van der Waals surface area contributed by atoms with Crippen LogP contribution >= 0.6 is 0 Å². The number of likely N-dealkylation sites (tertiary alicyclic amines) is 1. The lowest BCUT2D eigenvalue weighted by molar-refractivity contribution is -0.903. The molecule has 1 fully saturated rings. The van der Waals surface area contributed by atoms with E-state index in [-0.39, 0.29) is 17.6 Å². The van der Waals surface area contributed by atoms with Crippen molar-refractivity contribution in [2.45, 2.75) is 32.7 Å². The number of hydrogen-bond donors (Lipinski definition) is 2. The maximum atomic E-state index is 12.2. The van der Waals surface area contributed by atoms with E-state index in [1.54, 1.807) is 17.9 Å². The summed E-state index contributed by atoms with van der Waals surface area (Å²) >= 11 is 0. The van der Waals surface area contributed by atoms with Crippen LogP contribution in [-0.4, -0.2) is 36.5 Å². The van der Waals surface area contributed by atoms with Gasteiger partial charge in [0.15, 0.2) is 0 Å². The molecule has 6 nitrogen and oxygen atoms in total. The van der Waals surface area contributed by atoms with Crippen molar-refractivity contribution in [1.82, 2.24) is 5.32 Å². The SMILES string of the molecule is CC[NH+]1CCC(NC(=O)c2ccc([N+](=O)[O-])c(C)c2)CC1. The van der Waals surface area contributed by atoms with Gasteiger partial charge in [0.2, 0.25) is 0 Å². The third-order valence-electron chi connectivity index (χ3n) is 4.18. The monoisotopic (exact) mass is 292 g/mol. The van der Waals surface area contributed by atoms with E-state index in [1.165, 1.54) is 12.1 Å². The van der Waals surface area contributed by atoms with E-state index in [9.17, 15) is 14.9 Å². The van der Waals surface area contributed by atoms with Gasteiger partial charge < -0.3 is 10.2 Å². The first kappa shape index (κ1) is 15.4. The van der Waals surface area contributed by atoms with E-state index in [4.69, 9.17) is 0 Å². The molecule has 2 rings (SSSR count). The van der Waals surface area contributed by atoms with Crippen LogP contribution in [-0.2, 0) is 0 Å². The van der Waals surface area contributed by atoms with Crippen LogP contribution < -0.4 is 10.2 Å². The Hall–Kier alpha value is -1.95. The van der Waals surface area contributed by atoms with E-state index in [0.717, 1.165) is 32.5 Å². The van der Waals surface area contributed by atoms with Crippen LogP contribution in [0.25, 0.3) is 0 Å². The Morgan fingerprint density at radius 3 is 2.62 bits per heavy atom. The number of nitro benzene ring substituents is 1. The van der Waals surface area contributed by atoms with Gasteiger partial charge in [0.1, 0.15) is 0 Å². The Labute approximate surface area is 124 Å². The van der Waals surface area contributed by atoms with Crippen LogP contribution in [0.1, 0.15) is 35.7 Å². The van der Waals surface area contributed by atoms with Crippen LogP contribution in [0, 0.1) is 17.0 Å². The third-order valence-corrected chi connectivity index (χ3v) is 4.18. The third kappa shape index (κ3) is 3.78. The molecular weight excluding hydrogens is 270 g/mol. The lowest BCUT2D eigenvalue weighted by Gasteiger charge is -2.29. The van der Waals surface area contributed by atoms with Gasteiger partial charge in [0.25, 0.3) is 11.6 Å². The zero-order chi connectivity index (χ0) is 15.4. The molecule has 0 unspecified atom stereocenters. The summed E-state index contributed by atoms with van der Waals surface area (Å²) in [5.41, 5.74) is 1.05. The second-order valence-corrected chi connectivity index (χ2v) is 5.61. The fourth-order valence-corrected chi connectivity index (χ4v) is 2.79. The molecule has 2 N–H and O–H groups in total. The number of nitrogens with zero attached hydrogens (tertiary/aromatic N) is 1. The molecular formula is C15H22N3O3+. The molecule has 1 saturated heterocycles. The van der Waals surface area contributed by atoms with Gasteiger partial charge in [-0.3, -0.25) is 14.9 Å². The minimum atomic E-state index is -0.430. The van der Waals surface area contributed by atoms with Gasteiger partial charge in [-0.15, -0.1) is 0 Å². The molecule has 21 heavy (non-hydrogen) atoms. The number of hydrogen-bond acceptors (Lipinski definition) is 3. The Balaban J connectivity index is 1.98. The molecule has 0 radical (unpaired) electrons. The molecule has 1 aromatic carbocycles. The minimum Gasteiger partial charge on any atom is -0.349 e. The van der Waals surface area contributed by atoms with Gasteiger partial charge >= 0.3 is 0 Å². The summed E-state index contributed by atoms with van der Waals surface area (Å²) in [5.74, 6) is -0.141. The van der Waals surface area contributed by atoms with E-state index in [1.807, 2.05) is 0 Å². The van der Waals surface area contributed by atoms with E-state index in [2.05, 4.69) is 12.2 Å². The highest BCUT2D eigenvalue weighted by Crippen LogP contribution is 2.18. The number of rotatable bonds is 4. The van der Waals surface area contributed by atoms with Gasteiger partial charge in [-0.1, -0.05) is 0 Å². The predicted octanol–water partition coefficient (Wildman–Crippen LogP) is 0.700. The van der Waals surface area contributed by atoms with E-state index in [0.29, 0.717) is 11.1 Å². The first-order valence-corrected chi connectivity index (χ1v) is 7.40. The molecule has 0 spiro atoms. The molecule has 1 amide bonds. The van der Waals surface area contributed by atoms with Gasteiger partial charge in [0.05, 0.1) is 24.6 Å². The van der Waals surface area contributed by atoms with Crippen molar-refractivity contribution in [1.29, 1.82) is 0 Å². The molecule has 1 aromatic rings. The fourth-order valence-electron chi connectivity index (χ4n) is 2.79. The van der Waals surface area contributed by atoms with Crippen LogP contribution in [0.4, 0.5) is 5.69 Å². The van der Waals surface area contributed by atoms with Crippen LogP contribution in [0.3, 0.4) is 0 Å². The molecule has 114 valence electrons. The van der Waals surface area contributed by atoms with Crippen molar-refractivity contribution in [2.24, 2.45) is 0 Å². The van der Waals surface area contributed by atoms with Crippen molar-refractivity contribution in [3.8, 4) is 0 Å². The van der Waals surface area contributed by atoms with E-state index >= 15 is 0 Å². The summed E-state index contributed by atoms with van der Waals surface area (Å²) < 4.78 is 0. The quantitative estimate of drug-likeness (QED) is 0.633. The second-order valence-electron chi connectivity index (χ2n) is 5.61. The number of nitrogens with one attached hydrogen (secondary N) is 2. The normalized spacial score (nSPS) is 21.8. The average Bonchev–Trinajstić information content (AvgIpc) is 2.47. The average molecular weight is 292 g/mol. The predicted molar refractivity (Wildman–Crippen MR) is 79.6 cm³/mol. The number of aryl methyl sites for hydroxylation is 1. The highest BCUT2D eigenvalue weighted by atomic mass is 16.6. The van der Waals surface area contributed by atoms with Crippen molar-refractivity contribution in [3.63, 3.8) is 0 Å². The standard InChI is InChI=1S/C15H21N3O3/c1-3-17-8-6-13(7-9-17)16-15(19)12-4-5-14(18(20)21)11(2)10-12/h4-5,10,13H,3,6-9H2,1-2H3,(H,16,19)/p+1. The minimum absolute atomic E-state index is 0.0476. The van der Waals surface area contributed by atoms with Gasteiger partial charge in [-0.2, -0.15) is 0 Å². The molecule has 1 heterocycles. The summed E-state index contributed by atoms with van der Waals surface area (Å²) in [6, 6.07) is 4.71. The first-order chi connectivity index (χ1) is 10.0. The fraction of sp³-hybridized carbons (Fsp3) is 0.533. The van der Waals surface area contributed by atoms with Gasteiger partial charge in [0, 0.05) is 36.1 Å². The summed E-state index contributed by atoms with van der Waals surface area (Å²) in [6.07, 6.45) is 1.97. The zero-order valence-corrected chi connectivity index (χ0v) is 12.5. The highest BCUT2D eigenvalue weighted by molar-refractivity contribution is 5.94. The number of carbonyl (C=O) groups excluding carboxylic acids is 1. The summed E-state index contributed by atoms with van der Waals surface area (Å²) in [7, 11) is 0. The number of benzene rings is 1. The zero-order valence-electron chi connectivity index (χ0n) is 12.5. The van der Waals surface area contributed by atoms with Gasteiger partial charge in [-0.05, 0) is 26.0 Å². The number of carbonyl (C=O) groups is 1. The van der Waals surface area contributed by atoms with Crippen LogP contribution in [0.15, 0.2) is 18.2 Å². The molecule has 0 atom stereocenters. The number of nitro groups is 1. The molecule has 0 bridgehead atoms. The molecule has 0 saturated carbocycles. The van der Waals surface area contributed by atoms with Crippen molar-refractivity contribution in [2.75, 3.05) is 19.6 Å². The largest absolute Gasteiger partial charge is 0.349 e. The smallest absolute Gasteiger partial charge is 0.272 e. The number of quaternary nitrogens is 1. The van der Waals surface area contributed by atoms with Gasteiger partial charge in [-0.25, -0.2) is 0 Å². The van der Waals surface area contributed by atoms with Crippen LogP contribution in [0.5, 0.6) is 0 Å². The molecule has 6 heteroatoms. The Morgan fingerprint density at radius 1 is 1.43 bits per heavy atom. The van der Waals surface area contributed by atoms with Crippen molar-refractivity contribution < 1.29 is 14.6 Å². The van der Waals surface area contributed by atoms with E-state index < -0.39 is 4.92 Å². The maximum Gasteiger partial charge on any atom is 0.272 e. The molecule has 0 aliphatic carbocycles. The molecule has 0 aromatic heterocycles. The molecule has 1 aliphatic heterocycles. The van der Waals surface area contributed by atoms with Crippen molar-refractivity contribution >= 4 is 11.6 Å². The molecule has 1 aliphatic rings. The Bertz CT molecular complexity index is 537. The lowest BCUT2D eigenvalue weighted by atomic mass is 10.0. The van der Waals surface area contributed by atoms with Crippen molar-refractivity contribution in [3.05, 3.63) is 39.4 Å². The topological polar surface area (TPSA) is 76.7 Å². The Kier molecular flexibility index (Phi) is 4.90.